The van der Waals surface area contributed by atoms with E-state index in [4.69, 9.17) is 29.2 Å². The van der Waals surface area contributed by atoms with Gasteiger partial charge in [0.25, 0.3) is 0 Å². The summed E-state index contributed by atoms with van der Waals surface area (Å²) in [6, 6.07) is 9.16. The van der Waals surface area contributed by atoms with E-state index in [0.717, 1.165) is 57.7 Å². The Balaban J connectivity index is 1.04. The van der Waals surface area contributed by atoms with Crippen molar-refractivity contribution < 1.29 is 37.8 Å². The average Bonchev–Trinajstić information content (AvgIpc) is 4.19. The number of hydrogen-bond donors (Lipinski definition) is 4. The van der Waals surface area contributed by atoms with Gasteiger partial charge in [-0.1, -0.05) is 47.6 Å². The van der Waals surface area contributed by atoms with Gasteiger partial charge in [0.1, 0.15) is 35.3 Å². The van der Waals surface area contributed by atoms with Crippen molar-refractivity contribution in [2.75, 3.05) is 27.3 Å². The molecule has 4 amide bonds. The van der Waals surface area contributed by atoms with Crippen LogP contribution in [0.15, 0.2) is 55.0 Å². The fraction of sp³-hybridized carbons (Fsp3) is 0.460. The van der Waals surface area contributed by atoms with E-state index in [-0.39, 0.29) is 35.7 Å². The molecule has 5 atom stereocenters. The summed E-state index contributed by atoms with van der Waals surface area (Å²) < 4.78 is 35.4. The summed E-state index contributed by atoms with van der Waals surface area (Å²) in [4.78, 5) is 77.4. The van der Waals surface area contributed by atoms with Crippen molar-refractivity contribution in [3.8, 4) is 39.5 Å². The van der Waals surface area contributed by atoms with Crippen molar-refractivity contribution in [3.05, 3.63) is 82.3 Å². The summed E-state index contributed by atoms with van der Waals surface area (Å²) >= 11 is 1.58. The number of halogens is 1. The molecule has 6 aromatic rings. The second-order valence-corrected chi connectivity index (χ2v) is 20.3. The lowest BCUT2D eigenvalue weighted by molar-refractivity contribution is -0.136. The van der Waals surface area contributed by atoms with E-state index in [1.165, 1.54) is 20.3 Å². The van der Waals surface area contributed by atoms with Crippen molar-refractivity contribution in [3.63, 3.8) is 0 Å². The van der Waals surface area contributed by atoms with E-state index in [2.05, 4.69) is 34.4 Å². The van der Waals surface area contributed by atoms with Gasteiger partial charge in [0.2, 0.25) is 18.0 Å². The molecule has 364 valence electrons. The molecule has 0 saturated carbocycles. The third-order valence-electron chi connectivity index (χ3n) is 13.3. The third-order valence-corrected chi connectivity index (χ3v) is 14.4. The number of rotatable bonds is 13. The molecule has 3 aliphatic rings. The predicted octanol–water partition coefficient (Wildman–Crippen LogP) is 8.91. The topological polar surface area (TPSA) is 202 Å². The number of amides is 4. The smallest absolute Gasteiger partial charge is 0.407 e. The second-order valence-electron chi connectivity index (χ2n) is 19.2. The molecule has 0 spiro atoms. The Morgan fingerprint density at radius 2 is 1.36 bits per heavy atom. The molecular weight excluding hydrogens is 904 g/mol. The predicted molar refractivity (Wildman–Crippen MR) is 258 cm³/mol. The van der Waals surface area contributed by atoms with Crippen molar-refractivity contribution in [1.29, 1.82) is 0 Å². The van der Waals surface area contributed by atoms with Gasteiger partial charge in [0.15, 0.2) is 0 Å². The molecule has 7 heterocycles. The van der Waals surface area contributed by atoms with Crippen LogP contribution in [0.4, 0.5) is 14.0 Å². The number of ether oxygens (including phenoxy) is 3. The summed E-state index contributed by atoms with van der Waals surface area (Å²) in [7, 11) is 2.54. The van der Waals surface area contributed by atoms with E-state index in [1.54, 1.807) is 33.5 Å². The number of aromatic nitrogens is 6. The molecule has 2 fully saturated rings. The van der Waals surface area contributed by atoms with Crippen LogP contribution in [0.25, 0.3) is 44.7 Å². The van der Waals surface area contributed by atoms with Crippen LogP contribution in [0.1, 0.15) is 107 Å². The number of aromatic amines is 2. The van der Waals surface area contributed by atoms with Crippen LogP contribution in [0, 0.1) is 23.6 Å². The number of fused-ring (bicyclic) bond motifs is 5. The first-order chi connectivity index (χ1) is 33.1. The van der Waals surface area contributed by atoms with Crippen LogP contribution in [-0.2, 0) is 25.5 Å². The van der Waals surface area contributed by atoms with Crippen molar-refractivity contribution in [2.45, 2.75) is 104 Å². The Morgan fingerprint density at radius 1 is 0.783 bits per heavy atom. The van der Waals surface area contributed by atoms with Crippen LogP contribution >= 0.6 is 11.3 Å². The number of alkyl carbamates (subject to hydrolysis) is 2. The number of carbonyl (C=O) groups is 4. The number of thiazole rings is 1. The number of benzene rings is 2. The highest BCUT2D eigenvalue weighted by atomic mass is 32.1. The minimum Gasteiger partial charge on any atom is -0.464 e. The van der Waals surface area contributed by atoms with Crippen molar-refractivity contribution in [1.82, 2.24) is 49.9 Å². The quantitative estimate of drug-likeness (QED) is 0.0866. The molecule has 0 bridgehead atoms. The number of H-pyrrole nitrogens is 2. The summed E-state index contributed by atoms with van der Waals surface area (Å²) in [5, 5.41) is 7.23. The first kappa shape index (κ1) is 47.3. The number of methoxy groups -OCH3 is 2. The molecule has 2 aromatic carbocycles. The molecule has 1 unspecified atom stereocenters. The molecular formula is C50H59FN10O7S. The lowest BCUT2D eigenvalue weighted by atomic mass is 10.0. The van der Waals surface area contributed by atoms with Crippen LogP contribution in [0.3, 0.4) is 0 Å². The molecule has 19 heteroatoms. The fourth-order valence-corrected chi connectivity index (χ4v) is 11.0. The Labute approximate surface area is 403 Å². The fourth-order valence-electron chi connectivity index (χ4n) is 9.86. The SMILES string of the molecule is COC(=O)N[C@H](C(=O)N1CCC[C@H]1c1ncc(-c2cc(F)c3c(c2)OC(c2cnc(CC(C)C)s2)n2c-3cc3cc(-c4cnc([C@@H]5CCCN5C(=O)[C@@H](NC(=O)OC)C(C)C)[nH]4)ccc32)[nH]1)C(C)C. The average molecular weight is 963 g/mol. The van der Waals surface area contributed by atoms with Gasteiger partial charge >= 0.3 is 12.2 Å². The minimum absolute atomic E-state index is 0.156. The lowest BCUT2D eigenvalue weighted by Crippen LogP contribution is -2.51. The first-order valence-electron chi connectivity index (χ1n) is 23.6. The maximum absolute atomic E-state index is 16.9. The number of imidazole rings is 2. The zero-order valence-electron chi connectivity index (χ0n) is 40.1. The van der Waals surface area contributed by atoms with Gasteiger partial charge < -0.3 is 44.6 Å². The number of likely N-dealkylation sites (tertiary alicyclic amines) is 2. The van der Waals surface area contributed by atoms with E-state index >= 15 is 4.39 Å². The highest BCUT2D eigenvalue weighted by Gasteiger charge is 2.40. The Kier molecular flexibility index (Phi) is 13.2. The molecule has 3 aliphatic heterocycles. The standard InChI is InChI=1S/C50H59FN10O7S/c1-25(2)17-40-52-24-39(69-40)48-61-34-14-13-28(32-22-53-44(55-32)35-11-9-15-59(35)46(62)42(26(3)4)57-49(64)66-7)18-30(34)20-37(61)41-31(51)19-29(21-38(41)68-48)33-23-54-45(56-33)36-12-10-16-60(36)47(63)43(27(5)6)58-50(65)67-8/h13-14,18-27,35-36,42-43,48H,9-12,15-17H2,1-8H3,(H,53,55)(H,54,56)(H,57,64)(H,58,65)/t35-,36-,42-,43-,48?/m0/s1. The normalized spacial score (nSPS) is 18.6. The lowest BCUT2D eigenvalue weighted by Gasteiger charge is -2.30. The van der Waals surface area contributed by atoms with E-state index in [1.807, 2.05) is 68.8 Å². The third kappa shape index (κ3) is 9.15. The van der Waals surface area contributed by atoms with Gasteiger partial charge in [-0.2, -0.15) is 0 Å². The highest BCUT2D eigenvalue weighted by Crippen LogP contribution is 2.48. The van der Waals surface area contributed by atoms with Gasteiger partial charge in [-0.3, -0.25) is 14.2 Å². The molecule has 0 radical (unpaired) electrons. The summed E-state index contributed by atoms with van der Waals surface area (Å²) in [5.74, 6) is 0.767. The first-order valence-corrected chi connectivity index (χ1v) is 24.5. The highest BCUT2D eigenvalue weighted by molar-refractivity contribution is 7.11. The van der Waals surface area contributed by atoms with Crippen LogP contribution in [0.5, 0.6) is 5.75 Å². The van der Waals surface area contributed by atoms with Crippen LogP contribution in [0.2, 0.25) is 0 Å². The van der Waals surface area contributed by atoms with E-state index < -0.39 is 36.3 Å². The van der Waals surface area contributed by atoms with Gasteiger partial charge in [-0.15, -0.1) is 11.3 Å². The molecule has 69 heavy (non-hydrogen) atoms. The molecule has 2 saturated heterocycles. The van der Waals surface area contributed by atoms with Gasteiger partial charge in [0, 0.05) is 42.2 Å². The summed E-state index contributed by atoms with van der Waals surface area (Å²) in [6.07, 6.45) is 7.03. The number of carbonyl (C=O) groups excluding carboxylic acids is 4. The van der Waals surface area contributed by atoms with Gasteiger partial charge in [-0.05, 0) is 73.8 Å². The number of hydrogen-bond acceptors (Lipinski definition) is 11. The molecule has 9 rings (SSSR count). The molecule has 4 aromatic heterocycles. The van der Waals surface area contributed by atoms with E-state index in [9.17, 15) is 19.2 Å². The molecule has 0 aliphatic carbocycles. The largest absolute Gasteiger partial charge is 0.464 e. The van der Waals surface area contributed by atoms with Gasteiger partial charge in [0.05, 0.1) is 76.7 Å². The van der Waals surface area contributed by atoms with Crippen LogP contribution in [-0.4, -0.2) is 103 Å². The van der Waals surface area contributed by atoms with E-state index in [0.29, 0.717) is 65.3 Å². The Bertz CT molecular complexity index is 2900. The Hall–Kier alpha value is -6.76. The van der Waals surface area contributed by atoms with Gasteiger partial charge in [-0.25, -0.2) is 28.9 Å². The molecule has 17 nitrogen and oxygen atoms in total. The summed E-state index contributed by atoms with van der Waals surface area (Å²) in [6.45, 7) is 12.9. The maximum atomic E-state index is 16.9. The number of nitrogens with one attached hydrogen (secondary N) is 4. The monoisotopic (exact) mass is 962 g/mol. The van der Waals surface area contributed by atoms with Crippen molar-refractivity contribution in [2.24, 2.45) is 17.8 Å². The number of nitrogens with zero attached hydrogens (tertiary/aromatic N) is 6. The Morgan fingerprint density at radius 3 is 1.91 bits per heavy atom. The van der Waals surface area contributed by atoms with Crippen LogP contribution < -0.4 is 15.4 Å². The summed E-state index contributed by atoms with van der Waals surface area (Å²) in [5.41, 5.74) is 4.51. The minimum atomic E-state index is -0.776. The zero-order chi connectivity index (χ0) is 48.8. The van der Waals surface area contributed by atoms with Crippen molar-refractivity contribution >= 4 is 46.2 Å². The second kappa shape index (κ2) is 19.3. The maximum Gasteiger partial charge on any atom is 0.407 e. The zero-order valence-corrected chi connectivity index (χ0v) is 40.9. The molecule has 4 N–H and O–H groups in total.